The number of imidazole rings is 1. The third kappa shape index (κ3) is 3.51. The van der Waals surface area contributed by atoms with Gasteiger partial charge in [0.05, 0.1) is 11.8 Å². The van der Waals surface area contributed by atoms with Crippen LogP contribution in [-0.4, -0.2) is 34.7 Å². The number of rotatable bonds is 4. The van der Waals surface area contributed by atoms with E-state index in [0.717, 1.165) is 68.8 Å². The van der Waals surface area contributed by atoms with Crippen molar-refractivity contribution in [2.75, 3.05) is 13.2 Å². The fourth-order valence-electron chi connectivity index (χ4n) is 3.82. The maximum absolute atomic E-state index is 13.3. The van der Waals surface area contributed by atoms with Gasteiger partial charge in [0.25, 0.3) is 5.91 Å². The SMILES string of the molecule is O=C(NC[C@@H]1CCCO1)c1nc(-c2ccc(F)cc2)n2c1CCCCC2. The van der Waals surface area contributed by atoms with Gasteiger partial charge in [-0.2, -0.15) is 0 Å². The summed E-state index contributed by atoms with van der Waals surface area (Å²) in [6, 6.07) is 6.32. The number of halogens is 1. The van der Waals surface area contributed by atoms with Crippen LogP contribution in [0.15, 0.2) is 24.3 Å². The molecule has 2 aliphatic heterocycles. The molecule has 0 radical (unpaired) electrons. The Bertz CT molecular complexity index is 779. The molecule has 0 unspecified atom stereocenters. The van der Waals surface area contributed by atoms with Crippen LogP contribution < -0.4 is 5.32 Å². The van der Waals surface area contributed by atoms with Crippen LogP contribution in [0, 0.1) is 5.82 Å². The van der Waals surface area contributed by atoms with Gasteiger partial charge < -0.3 is 14.6 Å². The zero-order valence-corrected chi connectivity index (χ0v) is 14.8. The van der Waals surface area contributed by atoms with Gasteiger partial charge in [0.15, 0.2) is 0 Å². The summed E-state index contributed by atoms with van der Waals surface area (Å²) in [5.41, 5.74) is 2.34. The molecule has 5 nitrogen and oxygen atoms in total. The highest BCUT2D eigenvalue weighted by atomic mass is 19.1. The van der Waals surface area contributed by atoms with Crippen molar-refractivity contribution in [2.24, 2.45) is 0 Å². The maximum Gasteiger partial charge on any atom is 0.271 e. The van der Waals surface area contributed by atoms with E-state index < -0.39 is 0 Å². The minimum absolute atomic E-state index is 0.108. The molecule has 1 saturated heterocycles. The highest BCUT2D eigenvalue weighted by molar-refractivity contribution is 5.94. The van der Waals surface area contributed by atoms with Crippen molar-refractivity contribution in [1.29, 1.82) is 0 Å². The molecule has 0 aliphatic carbocycles. The molecule has 2 aliphatic rings. The zero-order chi connectivity index (χ0) is 17.9. The molecule has 4 rings (SSSR count). The maximum atomic E-state index is 13.3. The van der Waals surface area contributed by atoms with Gasteiger partial charge in [-0.1, -0.05) is 6.42 Å². The van der Waals surface area contributed by atoms with Gasteiger partial charge >= 0.3 is 0 Å². The molecule has 1 N–H and O–H groups in total. The van der Waals surface area contributed by atoms with E-state index in [2.05, 4.69) is 14.9 Å². The largest absolute Gasteiger partial charge is 0.376 e. The summed E-state index contributed by atoms with van der Waals surface area (Å²) in [7, 11) is 0. The van der Waals surface area contributed by atoms with Gasteiger partial charge in [0.2, 0.25) is 0 Å². The highest BCUT2D eigenvalue weighted by Gasteiger charge is 2.25. The van der Waals surface area contributed by atoms with E-state index in [1.165, 1.54) is 12.1 Å². The number of nitrogens with one attached hydrogen (secondary N) is 1. The van der Waals surface area contributed by atoms with E-state index in [4.69, 9.17) is 4.74 Å². The van der Waals surface area contributed by atoms with Crippen LogP contribution in [0.5, 0.6) is 0 Å². The predicted octanol–water partition coefficient (Wildman–Crippen LogP) is 3.32. The first-order valence-electron chi connectivity index (χ1n) is 9.47. The summed E-state index contributed by atoms with van der Waals surface area (Å²) in [5, 5.41) is 2.99. The molecule has 3 heterocycles. The first kappa shape index (κ1) is 17.2. The summed E-state index contributed by atoms with van der Waals surface area (Å²) < 4.78 is 21.0. The van der Waals surface area contributed by atoms with E-state index in [1.807, 2.05) is 0 Å². The smallest absolute Gasteiger partial charge is 0.271 e. The van der Waals surface area contributed by atoms with E-state index in [9.17, 15) is 9.18 Å². The number of carbonyl (C=O) groups is 1. The molecule has 26 heavy (non-hydrogen) atoms. The van der Waals surface area contributed by atoms with Gasteiger partial charge in [-0.05, 0) is 56.4 Å². The number of fused-ring (bicyclic) bond motifs is 1. The van der Waals surface area contributed by atoms with Gasteiger partial charge in [0, 0.05) is 25.3 Å². The summed E-state index contributed by atoms with van der Waals surface area (Å²) >= 11 is 0. The molecule has 0 bridgehead atoms. The van der Waals surface area contributed by atoms with Crippen LogP contribution in [-0.2, 0) is 17.7 Å². The Morgan fingerprint density at radius 1 is 1.23 bits per heavy atom. The van der Waals surface area contributed by atoms with Gasteiger partial charge in [-0.3, -0.25) is 4.79 Å². The average Bonchev–Trinajstić information content (AvgIpc) is 3.23. The molecular formula is C20H24FN3O2. The highest BCUT2D eigenvalue weighted by Crippen LogP contribution is 2.27. The monoisotopic (exact) mass is 357 g/mol. The average molecular weight is 357 g/mol. The lowest BCUT2D eigenvalue weighted by Crippen LogP contribution is -2.32. The first-order chi connectivity index (χ1) is 12.7. The Morgan fingerprint density at radius 3 is 2.85 bits per heavy atom. The molecule has 1 amide bonds. The van der Waals surface area contributed by atoms with E-state index >= 15 is 0 Å². The second-order valence-corrected chi connectivity index (χ2v) is 7.04. The van der Waals surface area contributed by atoms with E-state index in [1.54, 1.807) is 12.1 Å². The van der Waals surface area contributed by atoms with E-state index in [0.29, 0.717) is 12.2 Å². The molecule has 2 aromatic rings. The summed E-state index contributed by atoms with van der Waals surface area (Å²) in [5.74, 6) is 0.342. The molecule has 1 atom stereocenters. The topological polar surface area (TPSA) is 56.1 Å². The predicted molar refractivity (Wildman–Crippen MR) is 96.5 cm³/mol. The number of nitrogens with zero attached hydrogens (tertiary/aromatic N) is 2. The zero-order valence-electron chi connectivity index (χ0n) is 14.8. The molecule has 1 aromatic heterocycles. The Kier molecular flexibility index (Phi) is 5.02. The molecule has 1 aromatic carbocycles. The van der Waals surface area contributed by atoms with Crippen molar-refractivity contribution < 1.29 is 13.9 Å². The van der Waals surface area contributed by atoms with Crippen LogP contribution in [0.4, 0.5) is 4.39 Å². The van der Waals surface area contributed by atoms with Crippen LogP contribution >= 0.6 is 0 Å². The fourth-order valence-corrected chi connectivity index (χ4v) is 3.82. The van der Waals surface area contributed by atoms with Crippen LogP contribution in [0.3, 0.4) is 0 Å². The second kappa shape index (κ2) is 7.58. The van der Waals surface area contributed by atoms with Gasteiger partial charge in [-0.25, -0.2) is 9.37 Å². The van der Waals surface area contributed by atoms with Crippen LogP contribution in [0.2, 0.25) is 0 Å². The van der Waals surface area contributed by atoms with Crippen molar-refractivity contribution in [2.45, 2.75) is 51.2 Å². The Labute approximate surface area is 152 Å². The lowest BCUT2D eigenvalue weighted by molar-refractivity contribution is 0.0853. The van der Waals surface area contributed by atoms with Gasteiger partial charge in [-0.15, -0.1) is 0 Å². The van der Waals surface area contributed by atoms with Crippen molar-refractivity contribution in [3.05, 3.63) is 41.5 Å². The third-order valence-electron chi connectivity index (χ3n) is 5.20. The number of hydrogen-bond acceptors (Lipinski definition) is 3. The van der Waals surface area contributed by atoms with Crippen molar-refractivity contribution in [1.82, 2.24) is 14.9 Å². The van der Waals surface area contributed by atoms with Gasteiger partial charge in [0.1, 0.15) is 17.3 Å². The van der Waals surface area contributed by atoms with Crippen LogP contribution in [0.1, 0.15) is 48.3 Å². The van der Waals surface area contributed by atoms with Crippen molar-refractivity contribution >= 4 is 5.91 Å². The van der Waals surface area contributed by atoms with Crippen LogP contribution in [0.25, 0.3) is 11.4 Å². The number of hydrogen-bond donors (Lipinski definition) is 1. The standard InChI is InChI=1S/C20H24FN3O2/c21-15-9-7-14(8-10-15)19-23-18(17-6-2-1-3-11-24(17)19)20(25)22-13-16-5-4-12-26-16/h7-10,16H,1-6,11-13H2,(H,22,25)/t16-/m0/s1. The minimum Gasteiger partial charge on any atom is -0.376 e. The van der Waals surface area contributed by atoms with Crippen molar-refractivity contribution in [3.63, 3.8) is 0 Å². The Morgan fingerprint density at radius 2 is 2.08 bits per heavy atom. The molecule has 1 fully saturated rings. The Balaban J connectivity index is 1.63. The Hall–Kier alpha value is -2.21. The minimum atomic E-state index is -0.272. The quantitative estimate of drug-likeness (QED) is 0.913. The summed E-state index contributed by atoms with van der Waals surface area (Å²) in [6.45, 7) is 2.14. The number of ether oxygens (including phenoxy) is 1. The van der Waals surface area contributed by atoms with E-state index in [-0.39, 0.29) is 17.8 Å². The number of amides is 1. The normalized spacial score (nSPS) is 19.8. The third-order valence-corrected chi connectivity index (χ3v) is 5.20. The molecule has 0 saturated carbocycles. The number of benzene rings is 1. The lowest BCUT2D eigenvalue weighted by Gasteiger charge is -2.11. The fraction of sp³-hybridized carbons (Fsp3) is 0.500. The summed E-state index contributed by atoms with van der Waals surface area (Å²) in [4.78, 5) is 17.4. The molecular weight excluding hydrogens is 333 g/mol. The first-order valence-corrected chi connectivity index (χ1v) is 9.47. The second-order valence-electron chi connectivity index (χ2n) is 7.04. The molecule has 6 heteroatoms. The van der Waals surface area contributed by atoms with Crippen molar-refractivity contribution in [3.8, 4) is 11.4 Å². The molecule has 0 spiro atoms. The lowest BCUT2D eigenvalue weighted by atomic mass is 10.1. The number of aromatic nitrogens is 2. The summed E-state index contributed by atoms with van der Waals surface area (Å²) in [6.07, 6.45) is 6.25. The molecule has 138 valence electrons. The number of carbonyl (C=O) groups excluding carboxylic acids is 1.